The minimum absolute atomic E-state index is 0.0832. The summed E-state index contributed by atoms with van der Waals surface area (Å²) in [5, 5.41) is 10.9. The van der Waals surface area contributed by atoms with Crippen LogP contribution in [0.3, 0.4) is 0 Å². The predicted octanol–water partition coefficient (Wildman–Crippen LogP) is 10.4. The third-order valence-corrected chi connectivity index (χ3v) is 8.29. The third-order valence-electron chi connectivity index (χ3n) is 8.29. The van der Waals surface area contributed by atoms with Gasteiger partial charge in [0.05, 0.1) is 4.92 Å². The SMILES string of the molecule is CC(C)=CCC/C(C)=C/CC/C(C)=C/CCC1(C)CCc2c(C)c(OC(=O)Oc3ccc([N+](=O)[O-])cc3)c(C)c(C)c2O1. The number of nitro groups is 1. The number of carbonyl (C=O) groups is 1. The maximum Gasteiger partial charge on any atom is 0.519 e. The first kappa shape index (κ1) is 33.6. The quantitative estimate of drug-likeness (QED) is 0.0804. The predicted molar refractivity (Wildman–Crippen MR) is 172 cm³/mol. The number of rotatable bonds is 12. The molecule has 2 aromatic rings. The van der Waals surface area contributed by atoms with Gasteiger partial charge in [-0.25, -0.2) is 4.79 Å². The lowest BCUT2D eigenvalue weighted by Gasteiger charge is -2.38. The van der Waals surface area contributed by atoms with Gasteiger partial charge in [0.15, 0.2) is 0 Å². The van der Waals surface area contributed by atoms with Crippen LogP contribution >= 0.6 is 0 Å². The van der Waals surface area contributed by atoms with Crippen LogP contribution in [0.1, 0.15) is 102 Å². The third kappa shape index (κ3) is 9.57. The van der Waals surface area contributed by atoms with Crippen LogP contribution < -0.4 is 14.2 Å². The van der Waals surface area contributed by atoms with Crippen LogP contribution in [0.2, 0.25) is 0 Å². The van der Waals surface area contributed by atoms with Crippen molar-refractivity contribution < 1.29 is 23.9 Å². The summed E-state index contributed by atoms with van der Waals surface area (Å²) in [4.78, 5) is 23.0. The summed E-state index contributed by atoms with van der Waals surface area (Å²) in [7, 11) is 0. The van der Waals surface area contributed by atoms with Gasteiger partial charge in [-0.15, -0.1) is 0 Å². The fraction of sp³-hybridized carbons (Fsp3) is 0.472. The van der Waals surface area contributed by atoms with Crippen molar-refractivity contribution in [1.29, 1.82) is 0 Å². The summed E-state index contributed by atoms with van der Waals surface area (Å²) in [6.07, 6.45) is 14.1. The Morgan fingerprint density at radius 2 is 1.51 bits per heavy atom. The van der Waals surface area contributed by atoms with Gasteiger partial charge in [0.25, 0.3) is 5.69 Å². The van der Waals surface area contributed by atoms with Crippen LogP contribution in [-0.2, 0) is 6.42 Å². The number of carbonyl (C=O) groups excluding carboxylic acids is 1. The molecular weight excluding hydrogens is 542 g/mol. The Morgan fingerprint density at radius 1 is 0.907 bits per heavy atom. The molecule has 0 aromatic heterocycles. The van der Waals surface area contributed by atoms with Crippen molar-refractivity contribution in [3.63, 3.8) is 0 Å². The number of hydrogen-bond acceptors (Lipinski definition) is 6. The highest BCUT2D eigenvalue weighted by atomic mass is 16.7. The summed E-state index contributed by atoms with van der Waals surface area (Å²) < 4.78 is 17.6. The zero-order valence-corrected chi connectivity index (χ0v) is 27.1. The minimum Gasteiger partial charge on any atom is -0.487 e. The largest absolute Gasteiger partial charge is 0.519 e. The molecule has 0 saturated carbocycles. The molecule has 0 amide bonds. The second kappa shape index (κ2) is 15.0. The first-order chi connectivity index (χ1) is 20.3. The smallest absolute Gasteiger partial charge is 0.487 e. The average Bonchev–Trinajstić information content (AvgIpc) is 2.94. The molecule has 0 fully saturated rings. The molecule has 2 aromatic carbocycles. The number of nitro benzene ring substituents is 1. The van der Waals surface area contributed by atoms with Gasteiger partial charge >= 0.3 is 6.16 Å². The number of nitrogens with zero attached hydrogens (tertiary/aromatic N) is 1. The van der Waals surface area contributed by atoms with Gasteiger partial charge in [-0.1, -0.05) is 34.9 Å². The van der Waals surface area contributed by atoms with E-state index in [4.69, 9.17) is 14.2 Å². The highest BCUT2D eigenvalue weighted by molar-refractivity contribution is 5.70. The van der Waals surface area contributed by atoms with E-state index in [9.17, 15) is 14.9 Å². The topological polar surface area (TPSA) is 87.9 Å². The van der Waals surface area contributed by atoms with Crippen molar-refractivity contribution in [3.05, 3.63) is 91.6 Å². The number of fused-ring (bicyclic) bond motifs is 1. The van der Waals surface area contributed by atoms with Crippen LogP contribution in [0.25, 0.3) is 0 Å². The number of ether oxygens (including phenoxy) is 3. The van der Waals surface area contributed by atoms with Crippen molar-refractivity contribution in [3.8, 4) is 17.2 Å². The van der Waals surface area contributed by atoms with Gasteiger partial charge in [0.1, 0.15) is 22.8 Å². The van der Waals surface area contributed by atoms with Gasteiger partial charge in [-0.05, 0) is 136 Å². The second-order valence-corrected chi connectivity index (χ2v) is 12.3. The van der Waals surface area contributed by atoms with Crippen LogP contribution in [0, 0.1) is 30.9 Å². The van der Waals surface area contributed by atoms with E-state index in [1.54, 1.807) is 0 Å². The fourth-order valence-electron chi connectivity index (χ4n) is 5.41. The number of benzene rings is 2. The Balaban J connectivity index is 1.59. The first-order valence-electron chi connectivity index (χ1n) is 15.2. The maximum atomic E-state index is 12.6. The molecular formula is C36H47NO6. The van der Waals surface area contributed by atoms with E-state index in [0.717, 1.165) is 79.4 Å². The molecule has 0 radical (unpaired) electrons. The molecule has 0 spiro atoms. The van der Waals surface area contributed by atoms with Crippen molar-refractivity contribution in [2.45, 2.75) is 112 Å². The summed E-state index contributed by atoms with van der Waals surface area (Å²) in [6, 6.07) is 5.30. The van der Waals surface area contributed by atoms with E-state index in [-0.39, 0.29) is 17.0 Å². The standard InChI is InChI=1S/C36H47NO6/c1-24(2)12-9-13-25(3)14-10-15-26(4)16-11-22-36(8)23-21-32-29(7)33(27(5)28(6)34(32)43-36)42-35(38)41-31-19-17-30(18-20-31)37(39)40/h12,14,16-20H,9-11,13,15,21-23H2,1-8H3/b25-14+,26-16+. The molecule has 0 N–H and O–H groups in total. The molecule has 7 nitrogen and oxygen atoms in total. The van der Waals surface area contributed by atoms with Crippen LogP contribution in [0.15, 0.2) is 59.2 Å². The molecule has 1 atom stereocenters. The molecule has 232 valence electrons. The Hall–Kier alpha value is -3.87. The highest BCUT2D eigenvalue weighted by Gasteiger charge is 2.34. The lowest BCUT2D eigenvalue weighted by molar-refractivity contribution is -0.384. The van der Waals surface area contributed by atoms with Crippen molar-refractivity contribution >= 4 is 11.8 Å². The van der Waals surface area contributed by atoms with Gasteiger partial charge in [-0.2, -0.15) is 0 Å². The van der Waals surface area contributed by atoms with Crippen molar-refractivity contribution in [1.82, 2.24) is 0 Å². The van der Waals surface area contributed by atoms with Gasteiger partial charge in [0, 0.05) is 17.7 Å². The van der Waals surface area contributed by atoms with E-state index in [1.807, 2.05) is 20.8 Å². The second-order valence-electron chi connectivity index (χ2n) is 12.3. The number of hydrogen-bond donors (Lipinski definition) is 0. The van der Waals surface area contributed by atoms with Crippen molar-refractivity contribution in [2.75, 3.05) is 0 Å². The molecule has 3 rings (SSSR count). The van der Waals surface area contributed by atoms with E-state index in [2.05, 4.69) is 52.8 Å². The zero-order chi connectivity index (χ0) is 31.7. The van der Waals surface area contributed by atoms with Gasteiger partial charge in [0.2, 0.25) is 0 Å². The molecule has 1 aliphatic heterocycles. The fourth-order valence-corrected chi connectivity index (χ4v) is 5.41. The molecule has 0 bridgehead atoms. The molecule has 0 aliphatic carbocycles. The average molecular weight is 590 g/mol. The molecule has 43 heavy (non-hydrogen) atoms. The van der Waals surface area contributed by atoms with Crippen LogP contribution in [-0.4, -0.2) is 16.7 Å². The van der Waals surface area contributed by atoms with E-state index in [1.165, 1.54) is 41.0 Å². The van der Waals surface area contributed by atoms with E-state index in [0.29, 0.717) is 5.75 Å². The lowest BCUT2D eigenvalue weighted by Crippen LogP contribution is -2.37. The summed E-state index contributed by atoms with van der Waals surface area (Å²) in [5.41, 5.74) is 7.58. The Bertz CT molecular complexity index is 1410. The number of allylic oxidation sites excluding steroid dienone is 6. The molecule has 7 heteroatoms. The molecule has 1 heterocycles. The van der Waals surface area contributed by atoms with Gasteiger partial charge < -0.3 is 14.2 Å². The Kier molecular flexibility index (Phi) is 11.8. The molecule has 1 unspecified atom stereocenters. The minimum atomic E-state index is -0.891. The molecule has 1 aliphatic rings. The van der Waals surface area contributed by atoms with Gasteiger partial charge in [-0.3, -0.25) is 10.1 Å². The van der Waals surface area contributed by atoms with E-state index >= 15 is 0 Å². The molecule has 0 saturated heterocycles. The van der Waals surface area contributed by atoms with Crippen LogP contribution in [0.5, 0.6) is 17.2 Å². The zero-order valence-electron chi connectivity index (χ0n) is 27.1. The monoisotopic (exact) mass is 589 g/mol. The van der Waals surface area contributed by atoms with E-state index < -0.39 is 11.1 Å². The summed E-state index contributed by atoms with van der Waals surface area (Å²) >= 11 is 0. The van der Waals surface area contributed by atoms with Crippen LogP contribution in [0.4, 0.5) is 10.5 Å². The van der Waals surface area contributed by atoms with Crippen molar-refractivity contribution in [2.24, 2.45) is 0 Å². The Labute approximate surface area is 256 Å². The first-order valence-corrected chi connectivity index (χ1v) is 15.2. The summed E-state index contributed by atoms with van der Waals surface area (Å²) in [5.74, 6) is 1.52. The maximum absolute atomic E-state index is 12.6. The Morgan fingerprint density at radius 3 is 2.12 bits per heavy atom. The number of non-ortho nitro benzene ring substituents is 1. The highest BCUT2D eigenvalue weighted by Crippen LogP contribution is 2.45. The normalized spacial score (nSPS) is 16.7. The summed E-state index contributed by atoms with van der Waals surface area (Å²) in [6.45, 7) is 16.8. The lowest BCUT2D eigenvalue weighted by atomic mass is 9.85.